The molecule has 0 bridgehead atoms. The third kappa shape index (κ3) is 8.02. The molecule has 2 fully saturated rings. The van der Waals surface area contributed by atoms with Gasteiger partial charge in [-0.3, -0.25) is 18.8 Å². The smallest absolute Gasteiger partial charge is 0.407 e. The van der Waals surface area contributed by atoms with Crippen molar-refractivity contribution in [2.24, 2.45) is 11.8 Å². The second-order valence-electron chi connectivity index (χ2n) is 12.9. The van der Waals surface area contributed by atoms with Gasteiger partial charge in [-0.15, -0.1) is 0 Å². The van der Waals surface area contributed by atoms with Gasteiger partial charge in [0.05, 0.1) is 37.5 Å². The van der Waals surface area contributed by atoms with Gasteiger partial charge in [0.15, 0.2) is 10.8 Å². The van der Waals surface area contributed by atoms with E-state index in [-0.39, 0.29) is 35.6 Å². The lowest BCUT2D eigenvalue weighted by molar-refractivity contribution is -0.139. The van der Waals surface area contributed by atoms with E-state index in [4.69, 9.17) is 4.74 Å². The van der Waals surface area contributed by atoms with Crippen LogP contribution in [0.3, 0.4) is 0 Å². The van der Waals surface area contributed by atoms with Gasteiger partial charge < -0.3 is 40.2 Å². The first-order chi connectivity index (χ1) is 23.9. The fourth-order valence-electron chi connectivity index (χ4n) is 6.20. The van der Waals surface area contributed by atoms with Gasteiger partial charge in [0, 0.05) is 19.3 Å². The fraction of sp³-hybridized carbons (Fsp3) is 0.545. The number of fused-ring (bicyclic) bond motifs is 1. The molecule has 0 aromatic carbocycles. The third-order valence-corrected chi connectivity index (χ3v) is 9.71. The molecule has 17 heteroatoms. The largest absolute Gasteiger partial charge is 0.453 e. The molecule has 2 aliphatic rings. The van der Waals surface area contributed by atoms with Gasteiger partial charge >= 0.3 is 12.2 Å². The Hall–Kier alpha value is -5.11. The molecule has 3 aromatic heterocycles. The highest BCUT2D eigenvalue weighted by Gasteiger charge is 2.39. The molecule has 2 aliphatic heterocycles. The van der Waals surface area contributed by atoms with Crippen molar-refractivity contribution in [3.63, 3.8) is 0 Å². The number of amides is 5. The molecule has 0 saturated carbocycles. The van der Waals surface area contributed by atoms with Crippen molar-refractivity contribution in [3.05, 3.63) is 35.0 Å². The topological polar surface area (TPSA) is 192 Å². The van der Waals surface area contributed by atoms with E-state index >= 15 is 0 Å². The number of imidazole rings is 2. The molecule has 2 saturated heterocycles. The number of thiazole rings is 1. The van der Waals surface area contributed by atoms with E-state index in [1.54, 1.807) is 21.7 Å². The zero-order valence-electron chi connectivity index (χ0n) is 28.9. The number of rotatable bonds is 9. The lowest BCUT2D eigenvalue weighted by Crippen LogP contribution is -2.54. The van der Waals surface area contributed by atoms with Crippen molar-refractivity contribution in [2.45, 2.75) is 77.5 Å². The summed E-state index contributed by atoms with van der Waals surface area (Å²) in [5, 5.41) is 8.07. The summed E-state index contributed by atoms with van der Waals surface area (Å²) in [5.41, 5.74) is 0.587. The fourth-order valence-corrected chi connectivity index (χ4v) is 7.02. The molecule has 5 amide bonds. The summed E-state index contributed by atoms with van der Waals surface area (Å²) in [7, 11) is 2.50. The molecular formula is C33H43N9O7S. The van der Waals surface area contributed by atoms with Crippen molar-refractivity contribution in [3.8, 4) is 11.8 Å². The minimum Gasteiger partial charge on any atom is -0.453 e. The van der Waals surface area contributed by atoms with Crippen LogP contribution in [0.1, 0.15) is 75.8 Å². The first-order valence-corrected chi connectivity index (χ1v) is 17.4. The van der Waals surface area contributed by atoms with E-state index in [2.05, 4.69) is 47.5 Å². The van der Waals surface area contributed by atoms with E-state index in [0.29, 0.717) is 48.2 Å². The SMILES string of the molecule is COC(=O)N[C@H](C(=O)N1CCC[C@H]1C(=O)Nc1cn2cc(C#Cc3cnc([C@@H]4CCCN4C(=O)[C@@H](NC(=O)OC)C(C)C)[nH]3)sc2n1)C(C)C. The maximum absolute atomic E-state index is 13.4. The number of carbonyl (C=O) groups is 5. The van der Waals surface area contributed by atoms with Gasteiger partial charge in [-0.05, 0) is 49.4 Å². The maximum Gasteiger partial charge on any atom is 0.407 e. The molecule has 3 aromatic rings. The summed E-state index contributed by atoms with van der Waals surface area (Å²) in [6.45, 7) is 8.34. The van der Waals surface area contributed by atoms with Crippen molar-refractivity contribution < 1.29 is 33.4 Å². The number of ether oxygens (including phenoxy) is 2. The molecule has 50 heavy (non-hydrogen) atoms. The number of hydrogen-bond acceptors (Lipinski definition) is 10. The predicted molar refractivity (Wildman–Crippen MR) is 183 cm³/mol. The monoisotopic (exact) mass is 709 g/mol. The summed E-state index contributed by atoms with van der Waals surface area (Å²) in [4.78, 5) is 80.5. The van der Waals surface area contributed by atoms with Gasteiger partial charge in [0.2, 0.25) is 17.7 Å². The molecule has 0 spiro atoms. The van der Waals surface area contributed by atoms with Crippen molar-refractivity contribution in [1.29, 1.82) is 0 Å². The van der Waals surface area contributed by atoms with Crippen LogP contribution >= 0.6 is 11.3 Å². The van der Waals surface area contributed by atoms with Gasteiger partial charge in [0.1, 0.15) is 29.6 Å². The Kier molecular flexibility index (Phi) is 11.3. The number of anilines is 1. The normalized spacial score (nSPS) is 18.5. The molecule has 4 N–H and O–H groups in total. The average molecular weight is 710 g/mol. The first-order valence-electron chi connectivity index (χ1n) is 16.6. The number of aromatic nitrogens is 4. The van der Waals surface area contributed by atoms with Crippen LogP contribution in [0.25, 0.3) is 4.96 Å². The Morgan fingerprint density at radius 2 is 1.52 bits per heavy atom. The second-order valence-corrected chi connectivity index (χ2v) is 13.9. The van der Waals surface area contributed by atoms with E-state index in [0.717, 1.165) is 17.7 Å². The van der Waals surface area contributed by atoms with Crippen LogP contribution in [-0.2, 0) is 23.9 Å². The average Bonchev–Trinajstić information content (AvgIpc) is 3.92. The second kappa shape index (κ2) is 15.6. The zero-order valence-corrected chi connectivity index (χ0v) is 29.8. The molecule has 16 nitrogen and oxygen atoms in total. The Balaban J connectivity index is 1.22. The minimum atomic E-state index is -0.817. The van der Waals surface area contributed by atoms with Gasteiger partial charge in [-0.25, -0.2) is 19.6 Å². The van der Waals surface area contributed by atoms with Gasteiger partial charge in [-0.1, -0.05) is 39.0 Å². The molecule has 5 rings (SSSR count). The number of nitrogens with zero attached hydrogens (tertiary/aromatic N) is 5. The number of aromatic amines is 1. The number of likely N-dealkylation sites (tertiary alicyclic amines) is 2. The summed E-state index contributed by atoms with van der Waals surface area (Å²) >= 11 is 1.34. The number of alkyl carbamates (subject to hydrolysis) is 2. The lowest BCUT2D eigenvalue weighted by atomic mass is 10.0. The lowest BCUT2D eigenvalue weighted by Gasteiger charge is -2.30. The van der Waals surface area contributed by atoms with Crippen molar-refractivity contribution >= 4 is 52.0 Å². The highest BCUT2D eigenvalue weighted by Crippen LogP contribution is 2.31. The van der Waals surface area contributed by atoms with Crippen LogP contribution in [0.4, 0.5) is 15.4 Å². The summed E-state index contributed by atoms with van der Waals surface area (Å²) in [5.74, 6) is 5.99. The van der Waals surface area contributed by atoms with Crippen LogP contribution in [0, 0.1) is 23.7 Å². The van der Waals surface area contributed by atoms with Crippen LogP contribution in [0.2, 0.25) is 0 Å². The van der Waals surface area contributed by atoms with Crippen molar-refractivity contribution in [1.82, 2.24) is 39.8 Å². The van der Waals surface area contributed by atoms with Crippen LogP contribution < -0.4 is 16.0 Å². The van der Waals surface area contributed by atoms with E-state index in [1.165, 1.54) is 30.5 Å². The molecule has 5 heterocycles. The number of carbonyl (C=O) groups excluding carboxylic acids is 5. The zero-order chi connectivity index (χ0) is 36.1. The van der Waals surface area contributed by atoms with Gasteiger partial charge in [-0.2, -0.15) is 0 Å². The predicted octanol–water partition coefficient (Wildman–Crippen LogP) is 2.87. The summed E-state index contributed by atoms with van der Waals surface area (Å²) in [6.07, 6.45) is 6.47. The Morgan fingerprint density at radius 1 is 0.900 bits per heavy atom. The summed E-state index contributed by atoms with van der Waals surface area (Å²) in [6, 6.07) is -2.49. The number of nitrogens with one attached hydrogen (secondary N) is 4. The quantitative estimate of drug-likeness (QED) is 0.242. The van der Waals surface area contributed by atoms with E-state index in [1.807, 2.05) is 33.9 Å². The van der Waals surface area contributed by atoms with Crippen molar-refractivity contribution in [2.75, 3.05) is 32.6 Å². The van der Waals surface area contributed by atoms with Gasteiger partial charge in [0.25, 0.3) is 0 Å². The number of methoxy groups -OCH3 is 2. The molecule has 0 unspecified atom stereocenters. The maximum atomic E-state index is 13.4. The third-order valence-electron chi connectivity index (χ3n) is 8.80. The number of hydrogen-bond donors (Lipinski definition) is 4. The number of H-pyrrole nitrogens is 1. The Bertz CT molecular complexity index is 1770. The van der Waals surface area contributed by atoms with E-state index < -0.39 is 30.3 Å². The standard InChI is InChI=1S/C33H43N9O7S/c1-18(2)25(38-32(46)48-5)29(44)41-13-7-9-22(41)27-34-15-20(35-27)11-12-21-16-40-17-24(37-31(40)50-21)36-28(43)23-10-8-14-42(23)30(45)26(19(3)4)39-33(47)49-6/h15-19,22-23,25-26H,7-10,13-14H2,1-6H3,(H,34,35)(H,36,43)(H,38,46)(H,39,47)/t22-,23-,25-,26-/m0/s1. The van der Waals surface area contributed by atoms with Crippen LogP contribution in [-0.4, -0.2) is 104 Å². The molecule has 268 valence electrons. The molecule has 4 atom stereocenters. The Labute approximate surface area is 293 Å². The van der Waals surface area contributed by atoms with Crippen LogP contribution in [0.5, 0.6) is 0 Å². The Morgan fingerprint density at radius 3 is 2.14 bits per heavy atom. The first kappa shape index (κ1) is 36.2. The molecular weight excluding hydrogens is 666 g/mol. The minimum absolute atomic E-state index is 0.130. The summed E-state index contributed by atoms with van der Waals surface area (Å²) < 4.78 is 11.2. The highest BCUT2D eigenvalue weighted by atomic mass is 32.1. The van der Waals surface area contributed by atoms with E-state index in [9.17, 15) is 24.0 Å². The molecule has 0 aliphatic carbocycles. The van der Waals surface area contributed by atoms with Crippen LogP contribution in [0.15, 0.2) is 18.6 Å². The molecule has 0 radical (unpaired) electrons. The highest BCUT2D eigenvalue weighted by molar-refractivity contribution is 7.17.